The Morgan fingerprint density at radius 3 is 1.67 bits per heavy atom. The maximum Gasteiger partial charge on any atom is 2.00 e. The van der Waals surface area contributed by atoms with Gasteiger partial charge in [-0.2, -0.15) is 0 Å². The number of halogens is 2. The minimum atomic E-state index is 0. The van der Waals surface area contributed by atoms with Gasteiger partial charge in [0.1, 0.15) is 5.75 Å². The van der Waals surface area contributed by atoms with Crippen molar-refractivity contribution in [1.29, 1.82) is 0 Å². The van der Waals surface area contributed by atoms with Crippen molar-refractivity contribution in [3.8, 4) is 5.75 Å². The number of methoxy groups -OCH3 is 1. The molecule has 27 heavy (non-hydrogen) atoms. The third-order valence-corrected chi connectivity index (χ3v) is 3.58. The largest absolute Gasteiger partial charge is 2.00 e. The summed E-state index contributed by atoms with van der Waals surface area (Å²) in [6.45, 7) is 3.77. The molecule has 0 amide bonds. The van der Waals surface area contributed by atoms with Gasteiger partial charge in [0.05, 0.1) is 7.11 Å². The van der Waals surface area contributed by atoms with E-state index in [0.29, 0.717) is 0 Å². The molecule has 2 fully saturated rings. The standard InChI is InChI=1S/C16H21N2O.C5H5.2ClH.Fe/c1-19-16-8-6-15(7-9-16)13-18-11-10-17-12-14-4-2-3-5-14;1-2-4-5-3-1;;;/h2-9,17-18H,10-13H2,1H3;1-5H;2*1H;/q;;;;+2/p-2. The second kappa shape index (κ2) is 19.4. The second-order valence-electron chi connectivity index (χ2n) is 5.46. The first-order valence-corrected chi connectivity index (χ1v) is 8.30. The molecule has 2 N–H and O–H groups in total. The first-order valence-electron chi connectivity index (χ1n) is 8.30. The van der Waals surface area contributed by atoms with E-state index in [1.165, 1.54) is 11.5 Å². The normalized spacial score (nSPS) is 15.6. The Kier molecular flexibility index (Phi) is 21.0. The van der Waals surface area contributed by atoms with Gasteiger partial charge in [-0.1, -0.05) is 12.1 Å². The van der Waals surface area contributed by atoms with Gasteiger partial charge in [0, 0.05) is 26.2 Å². The number of rotatable bonds is 8. The Bertz CT molecular complexity index is 417. The molecule has 0 heterocycles. The van der Waals surface area contributed by atoms with Crippen LogP contribution in [0.3, 0.4) is 0 Å². The van der Waals surface area contributed by atoms with E-state index in [4.69, 9.17) is 4.74 Å². The number of hydrogen-bond acceptors (Lipinski definition) is 3. The molecule has 1 aromatic rings. The third kappa shape index (κ3) is 13.8. The van der Waals surface area contributed by atoms with E-state index in [1.807, 2.05) is 44.2 Å². The summed E-state index contributed by atoms with van der Waals surface area (Å²) in [5.41, 5.74) is 1.27. The van der Waals surface area contributed by atoms with Crippen LogP contribution in [0, 0.1) is 63.7 Å². The molecule has 0 atom stereocenters. The van der Waals surface area contributed by atoms with Crippen LogP contribution in [0.1, 0.15) is 5.56 Å². The fraction of sp³-hybridized carbons (Fsp3) is 0.238. The SMILES string of the molecule is COc1ccc(CNCCNC[C]2[CH][CH][CH][CH]2)cc1.[CH]1[CH][CH][CH][CH]1.[Cl-].[Cl-].[Fe+2]. The first kappa shape index (κ1) is 29.2. The number of hydrogen-bond donors (Lipinski definition) is 2. The van der Waals surface area contributed by atoms with Crippen LogP contribution in [-0.2, 0) is 23.6 Å². The summed E-state index contributed by atoms with van der Waals surface area (Å²) in [5.74, 6) is 2.25. The van der Waals surface area contributed by atoms with E-state index in [-0.39, 0.29) is 41.9 Å². The Morgan fingerprint density at radius 2 is 1.19 bits per heavy atom. The molecule has 6 heteroatoms. The summed E-state index contributed by atoms with van der Waals surface area (Å²) < 4.78 is 5.13. The van der Waals surface area contributed by atoms with Crippen molar-refractivity contribution in [3.63, 3.8) is 0 Å². The van der Waals surface area contributed by atoms with Crippen molar-refractivity contribution in [1.82, 2.24) is 10.6 Å². The molecule has 3 rings (SSSR count). The van der Waals surface area contributed by atoms with Gasteiger partial charge in [-0.15, -0.1) is 0 Å². The smallest absolute Gasteiger partial charge is 1.00 e. The van der Waals surface area contributed by atoms with Gasteiger partial charge in [-0.05, 0) is 81.4 Å². The van der Waals surface area contributed by atoms with Crippen LogP contribution in [0.25, 0.3) is 0 Å². The minimum absolute atomic E-state index is 0. The van der Waals surface area contributed by atoms with Crippen LogP contribution in [0.4, 0.5) is 0 Å². The second-order valence-corrected chi connectivity index (χ2v) is 5.46. The Labute approximate surface area is 189 Å². The van der Waals surface area contributed by atoms with Crippen LogP contribution in [-0.4, -0.2) is 26.7 Å². The molecule has 0 spiro atoms. The van der Waals surface area contributed by atoms with Crippen molar-refractivity contribution in [2.75, 3.05) is 26.7 Å². The molecule has 0 aliphatic heterocycles. The van der Waals surface area contributed by atoms with Crippen molar-refractivity contribution >= 4 is 0 Å². The van der Waals surface area contributed by atoms with Crippen LogP contribution >= 0.6 is 0 Å². The third-order valence-electron chi connectivity index (χ3n) is 3.58. The summed E-state index contributed by atoms with van der Waals surface area (Å²) in [6, 6.07) is 8.15. The van der Waals surface area contributed by atoms with Crippen molar-refractivity contribution in [2.24, 2.45) is 0 Å². The monoisotopic (exact) mass is 448 g/mol. The zero-order chi connectivity index (χ0) is 16.9. The number of benzene rings is 1. The van der Waals surface area contributed by atoms with E-state index in [2.05, 4.69) is 48.4 Å². The zero-order valence-electron chi connectivity index (χ0n) is 15.4. The van der Waals surface area contributed by atoms with Crippen molar-refractivity contribution < 1.29 is 46.6 Å². The molecule has 2 aliphatic carbocycles. The van der Waals surface area contributed by atoms with E-state index in [9.17, 15) is 0 Å². The molecule has 0 saturated heterocycles. The van der Waals surface area contributed by atoms with Crippen LogP contribution in [0.2, 0.25) is 0 Å². The van der Waals surface area contributed by atoms with Gasteiger partial charge < -0.3 is 40.2 Å². The fourth-order valence-corrected chi connectivity index (χ4v) is 2.24. The van der Waals surface area contributed by atoms with E-state index in [0.717, 1.165) is 31.9 Å². The average molecular weight is 449 g/mol. The molecule has 2 saturated carbocycles. The summed E-state index contributed by atoms with van der Waals surface area (Å²) in [7, 11) is 1.69. The van der Waals surface area contributed by atoms with E-state index >= 15 is 0 Å². The zero-order valence-corrected chi connectivity index (χ0v) is 18.0. The predicted molar refractivity (Wildman–Crippen MR) is 99.5 cm³/mol. The van der Waals surface area contributed by atoms with Gasteiger partial charge in [-0.3, -0.25) is 0 Å². The van der Waals surface area contributed by atoms with Crippen molar-refractivity contribution in [2.45, 2.75) is 6.54 Å². The maximum absolute atomic E-state index is 5.13. The summed E-state index contributed by atoms with van der Waals surface area (Å²) in [6.07, 6.45) is 18.4. The van der Waals surface area contributed by atoms with Crippen LogP contribution < -0.4 is 40.2 Å². The average Bonchev–Trinajstić information content (AvgIpc) is 3.35. The molecule has 148 valence electrons. The Balaban J connectivity index is 0. The summed E-state index contributed by atoms with van der Waals surface area (Å²) >= 11 is 0. The van der Waals surface area contributed by atoms with Gasteiger partial charge in [0.25, 0.3) is 0 Å². The maximum atomic E-state index is 5.13. The van der Waals surface area contributed by atoms with Crippen LogP contribution in [0.15, 0.2) is 24.3 Å². The predicted octanol–water partition coefficient (Wildman–Crippen LogP) is -3.19. The van der Waals surface area contributed by atoms with Crippen LogP contribution in [0.5, 0.6) is 5.75 Å². The minimum Gasteiger partial charge on any atom is -1.00 e. The Morgan fingerprint density at radius 1 is 0.704 bits per heavy atom. The van der Waals surface area contributed by atoms with Gasteiger partial charge in [-0.25, -0.2) is 0 Å². The van der Waals surface area contributed by atoms with E-state index in [1.54, 1.807) is 7.11 Å². The molecule has 0 unspecified atom stereocenters. The molecule has 3 nitrogen and oxygen atoms in total. The van der Waals surface area contributed by atoms with Crippen molar-refractivity contribution in [3.05, 3.63) is 93.5 Å². The molecule has 1 aromatic carbocycles. The first-order chi connectivity index (χ1) is 11.9. The van der Waals surface area contributed by atoms with Gasteiger partial charge in [0.15, 0.2) is 0 Å². The molecule has 10 radical (unpaired) electrons. The number of ether oxygens (including phenoxy) is 1. The summed E-state index contributed by atoms with van der Waals surface area (Å²) in [5, 5.41) is 6.83. The molecular formula is C21H26Cl2FeN2O. The topological polar surface area (TPSA) is 33.3 Å². The quantitative estimate of drug-likeness (QED) is 0.325. The molecule has 2 aliphatic rings. The molecule has 0 bridgehead atoms. The Hall–Kier alpha value is 0.0395. The van der Waals surface area contributed by atoms with Gasteiger partial charge in [0.2, 0.25) is 0 Å². The fourth-order valence-electron chi connectivity index (χ4n) is 2.24. The number of nitrogens with one attached hydrogen (secondary N) is 2. The van der Waals surface area contributed by atoms with Gasteiger partial charge >= 0.3 is 17.1 Å². The molecule has 0 aromatic heterocycles. The van der Waals surface area contributed by atoms with E-state index < -0.39 is 0 Å². The summed E-state index contributed by atoms with van der Waals surface area (Å²) in [4.78, 5) is 0. The molecular weight excluding hydrogens is 423 g/mol.